The summed E-state index contributed by atoms with van der Waals surface area (Å²) in [6, 6.07) is 14.8. The predicted octanol–water partition coefficient (Wildman–Crippen LogP) is 4.52. The minimum absolute atomic E-state index is 0.0678. The Morgan fingerprint density at radius 2 is 1.70 bits per heavy atom. The maximum atomic E-state index is 12.7. The summed E-state index contributed by atoms with van der Waals surface area (Å²) in [6.45, 7) is 1.78. The highest BCUT2D eigenvalue weighted by molar-refractivity contribution is 9.10. The number of nitrogens with one attached hydrogen (secondary N) is 2. The van der Waals surface area contributed by atoms with Crippen LogP contribution in [0.15, 0.2) is 53.0 Å². The number of carbonyl (C=O) groups excluding carboxylic acids is 2. The lowest BCUT2D eigenvalue weighted by atomic mass is 10.1. The summed E-state index contributed by atoms with van der Waals surface area (Å²) < 4.78 is 0.836. The van der Waals surface area contributed by atoms with Crippen LogP contribution in [0.5, 0.6) is 0 Å². The zero-order valence-corrected chi connectivity index (χ0v) is 16.8. The van der Waals surface area contributed by atoms with Gasteiger partial charge in [-0.2, -0.15) is 0 Å². The van der Waals surface area contributed by atoms with E-state index in [-0.39, 0.29) is 18.4 Å². The molecule has 2 aromatic rings. The third-order valence-corrected chi connectivity index (χ3v) is 5.30. The van der Waals surface area contributed by atoms with Gasteiger partial charge < -0.3 is 15.5 Å². The third kappa shape index (κ3) is 5.57. The SMILES string of the molecule is O=C(CNc1cccc(C(=O)N2CCCCCC2)c1)Nc1ccccc1Br. The fourth-order valence-corrected chi connectivity index (χ4v) is 3.54. The van der Waals surface area contributed by atoms with Crippen molar-refractivity contribution >= 4 is 39.1 Å². The van der Waals surface area contributed by atoms with Crippen LogP contribution in [0.4, 0.5) is 11.4 Å². The summed E-state index contributed by atoms with van der Waals surface area (Å²) in [5.41, 5.74) is 2.15. The van der Waals surface area contributed by atoms with Gasteiger partial charge in [0.05, 0.1) is 12.2 Å². The molecule has 2 aromatic carbocycles. The molecule has 1 fully saturated rings. The van der Waals surface area contributed by atoms with Crippen molar-refractivity contribution in [3.8, 4) is 0 Å². The van der Waals surface area contributed by atoms with Crippen molar-refractivity contribution in [2.24, 2.45) is 0 Å². The number of para-hydroxylation sites is 1. The lowest BCUT2D eigenvalue weighted by Gasteiger charge is -2.20. The number of halogens is 1. The van der Waals surface area contributed by atoms with Crippen LogP contribution in [0.3, 0.4) is 0 Å². The smallest absolute Gasteiger partial charge is 0.253 e. The number of hydrogen-bond donors (Lipinski definition) is 2. The van der Waals surface area contributed by atoms with E-state index in [2.05, 4.69) is 26.6 Å². The zero-order valence-electron chi connectivity index (χ0n) is 15.2. The molecule has 0 unspecified atom stereocenters. The zero-order chi connectivity index (χ0) is 19.1. The Balaban J connectivity index is 1.58. The first kappa shape index (κ1) is 19.4. The van der Waals surface area contributed by atoms with Crippen LogP contribution in [0.2, 0.25) is 0 Å². The lowest BCUT2D eigenvalue weighted by molar-refractivity contribution is -0.114. The van der Waals surface area contributed by atoms with E-state index >= 15 is 0 Å². The molecular weight excluding hydrogens is 406 g/mol. The van der Waals surface area contributed by atoms with Crippen LogP contribution in [0, 0.1) is 0 Å². The highest BCUT2D eigenvalue weighted by Gasteiger charge is 2.17. The number of nitrogens with zero attached hydrogens (tertiary/aromatic N) is 1. The van der Waals surface area contributed by atoms with E-state index in [1.807, 2.05) is 53.4 Å². The van der Waals surface area contributed by atoms with Crippen LogP contribution in [0.25, 0.3) is 0 Å². The van der Waals surface area contributed by atoms with E-state index in [1.54, 1.807) is 0 Å². The van der Waals surface area contributed by atoms with Crippen molar-refractivity contribution in [3.63, 3.8) is 0 Å². The molecule has 0 saturated carbocycles. The van der Waals surface area contributed by atoms with Crippen LogP contribution < -0.4 is 10.6 Å². The fraction of sp³-hybridized carbons (Fsp3) is 0.333. The molecule has 0 bridgehead atoms. The van der Waals surface area contributed by atoms with Gasteiger partial charge in [-0.05, 0) is 59.1 Å². The predicted molar refractivity (Wildman–Crippen MR) is 112 cm³/mol. The fourth-order valence-electron chi connectivity index (χ4n) is 3.16. The first-order valence-corrected chi connectivity index (χ1v) is 10.1. The standard InChI is InChI=1S/C21H24BrN3O2/c22-18-10-3-4-11-19(18)24-20(26)15-23-17-9-7-8-16(14-17)21(27)25-12-5-1-2-6-13-25/h3-4,7-11,14,23H,1-2,5-6,12-13,15H2,(H,24,26). The Kier molecular flexibility index (Phi) is 6.87. The Morgan fingerprint density at radius 3 is 2.44 bits per heavy atom. The Bertz CT molecular complexity index is 802. The highest BCUT2D eigenvalue weighted by Crippen LogP contribution is 2.21. The second kappa shape index (κ2) is 9.55. The van der Waals surface area contributed by atoms with Gasteiger partial charge in [-0.25, -0.2) is 0 Å². The second-order valence-electron chi connectivity index (χ2n) is 6.67. The van der Waals surface area contributed by atoms with E-state index < -0.39 is 0 Å². The van der Waals surface area contributed by atoms with Crippen molar-refractivity contribution in [1.82, 2.24) is 4.90 Å². The third-order valence-electron chi connectivity index (χ3n) is 4.60. The molecule has 1 heterocycles. The molecule has 1 aliphatic heterocycles. The molecule has 3 rings (SSSR count). The van der Waals surface area contributed by atoms with Crippen molar-refractivity contribution in [1.29, 1.82) is 0 Å². The molecule has 1 saturated heterocycles. The van der Waals surface area contributed by atoms with E-state index in [1.165, 1.54) is 12.8 Å². The van der Waals surface area contributed by atoms with Crippen molar-refractivity contribution in [2.75, 3.05) is 30.3 Å². The molecule has 0 aliphatic carbocycles. The number of likely N-dealkylation sites (tertiary alicyclic amines) is 1. The molecule has 142 valence electrons. The molecular formula is C21H24BrN3O2. The van der Waals surface area contributed by atoms with Crippen LogP contribution >= 0.6 is 15.9 Å². The summed E-state index contributed by atoms with van der Waals surface area (Å²) in [7, 11) is 0. The molecule has 0 aromatic heterocycles. The van der Waals surface area contributed by atoms with Crippen LogP contribution in [0.1, 0.15) is 36.0 Å². The van der Waals surface area contributed by atoms with Gasteiger partial charge in [0.25, 0.3) is 5.91 Å². The van der Waals surface area contributed by atoms with Gasteiger partial charge in [0.2, 0.25) is 5.91 Å². The monoisotopic (exact) mass is 429 g/mol. The topological polar surface area (TPSA) is 61.4 Å². The molecule has 0 radical (unpaired) electrons. The van der Waals surface area contributed by atoms with Gasteiger partial charge in [-0.15, -0.1) is 0 Å². The Hall–Kier alpha value is -2.34. The second-order valence-corrected chi connectivity index (χ2v) is 7.52. The minimum Gasteiger partial charge on any atom is -0.376 e. The Labute approximate surface area is 168 Å². The molecule has 5 nitrogen and oxygen atoms in total. The van der Waals surface area contributed by atoms with Gasteiger partial charge in [-0.3, -0.25) is 9.59 Å². The van der Waals surface area contributed by atoms with Crippen molar-refractivity contribution < 1.29 is 9.59 Å². The number of hydrogen-bond acceptors (Lipinski definition) is 3. The van der Waals surface area contributed by atoms with Gasteiger partial charge in [0.15, 0.2) is 0 Å². The maximum absolute atomic E-state index is 12.7. The van der Waals surface area contributed by atoms with Crippen LogP contribution in [-0.4, -0.2) is 36.3 Å². The minimum atomic E-state index is -0.147. The molecule has 0 atom stereocenters. The van der Waals surface area contributed by atoms with E-state index in [4.69, 9.17) is 0 Å². The summed E-state index contributed by atoms with van der Waals surface area (Å²) in [4.78, 5) is 26.8. The normalized spacial score (nSPS) is 14.3. The molecule has 2 N–H and O–H groups in total. The summed E-state index contributed by atoms with van der Waals surface area (Å²) in [5, 5.41) is 5.95. The van der Waals surface area contributed by atoms with E-state index in [0.717, 1.165) is 41.8 Å². The van der Waals surface area contributed by atoms with Crippen molar-refractivity contribution in [2.45, 2.75) is 25.7 Å². The number of anilines is 2. The molecule has 2 amide bonds. The number of carbonyl (C=O) groups is 2. The van der Waals surface area contributed by atoms with Gasteiger partial charge in [0, 0.05) is 28.8 Å². The van der Waals surface area contributed by atoms with Gasteiger partial charge in [-0.1, -0.05) is 31.0 Å². The molecule has 0 spiro atoms. The summed E-state index contributed by atoms with van der Waals surface area (Å²) >= 11 is 3.41. The average Bonchev–Trinajstić information content (AvgIpc) is 2.97. The van der Waals surface area contributed by atoms with Gasteiger partial charge in [0.1, 0.15) is 0 Å². The average molecular weight is 430 g/mol. The van der Waals surface area contributed by atoms with Crippen molar-refractivity contribution in [3.05, 3.63) is 58.6 Å². The Morgan fingerprint density at radius 1 is 0.963 bits per heavy atom. The summed E-state index contributed by atoms with van der Waals surface area (Å²) in [6.07, 6.45) is 4.52. The first-order valence-electron chi connectivity index (χ1n) is 9.31. The van der Waals surface area contributed by atoms with Crippen LogP contribution in [-0.2, 0) is 4.79 Å². The molecule has 6 heteroatoms. The maximum Gasteiger partial charge on any atom is 0.253 e. The number of benzene rings is 2. The number of rotatable bonds is 5. The first-order chi connectivity index (χ1) is 13.1. The lowest BCUT2D eigenvalue weighted by Crippen LogP contribution is -2.31. The van der Waals surface area contributed by atoms with Gasteiger partial charge >= 0.3 is 0 Å². The molecule has 1 aliphatic rings. The highest BCUT2D eigenvalue weighted by atomic mass is 79.9. The van der Waals surface area contributed by atoms with E-state index in [0.29, 0.717) is 5.56 Å². The summed E-state index contributed by atoms with van der Waals surface area (Å²) in [5.74, 6) is -0.0793. The van der Waals surface area contributed by atoms with E-state index in [9.17, 15) is 9.59 Å². The molecule has 27 heavy (non-hydrogen) atoms. The quantitative estimate of drug-likeness (QED) is 0.734. The largest absolute Gasteiger partial charge is 0.376 e. The number of amides is 2.